The number of amides is 2. The van der Waals surface area contributed by atoms with Crippen LogP contribution in [0.2, 0.25) is 5.02 Å². The summed E-state index contributed by atoms with van der Waals surface area (Å²) in [5.74, 6) is 1.20. The van der Waals surface area contributed by atoms with E-state index in [4.69, 9.17) is 31.2 Å². The molecule has 2 aromatic carbocycles. The molecule has 3 N–H and O–H groups in total. The molecular formula is C31H35ClN4O6. The third kappa shape index (κ3) is 7.25. The highest BCUT2D eigenvalue weighted by atomic mass is 35.5. The molecule has 1 aromatic heterocycles. The lowest BCUT2D eigenvalue weighted by atomic mass is 9.96. The quantitative estimate of drug-likeness (QED) is 0.308. The van der Waals surface area contributed by atoms with Crippen molar-refractivity contribution in [3.63, 3.8) is 0 Å². The van der Waals surface area contributed by atoms with Gasteiger partial charge in [-0.05, 0) is 55.0 Å². The van der Waals surface area contributed by atoms with Gasteiger partial charge >= 0.3 is 0 Å². The van der Waals surface area contributed by atoms with Crippen molar-refractivity contribution in [2.24, 2.45) is 5.92 Å². The molecule has 2 aliphatic heterocycles. The smallest absolute Gasteiger partial charge is 0.254 e. The van der Waals surface area contributed by atoms with Gasteiger partial charge < -0.3 is 29.9 Å². The fourth-order valence-corrected chi connectivity index (χ4v) is 5.41. The lowest BCUT2D eigenvalue weighted by Crippen LogP contribution is -2.38. The Labute approximate surface area is 249 Å². The Bertz CT molecular complexity index is 1430. The summed E-state index contributed by atoms with van der Waals surface area (Å²) in [6, 6.07) is 12.4. The summed E-state index contributed by atoms with van der Waals surface area (Å²) < 4.78 is 11.0. The van der Waals surface area contributed by atoms with Crippen LogP contribution in [0.25, 0.3) is 11.3 Å². The van der Waals surface area contributed by atoms with Crippen LogP contribution in [0.1, 0.15) is 53.1 Å². The number of ether oxygens (including phenoxy) is 2. The molecule has 2 atom stereocenters. The van der Waals surface area contributed by atoms with Crippen molar-refractivity contribution in [2.75, 3.05) is 33.0 Å². The first kappa shape index (κ1) is 29.9. The number of rotatable bonds is 11. The molecule has 1 unspecified atom stereocenters. The SMILES string of the molecule is C[C@@H](NC(=O)CN1Cc2ccc(-c3nc(CC4CCOCC4)ncc3Cl)cc2C1=O)c1cccc(OCC(O)CO)c1. The fraction of sp³-hybridized carbons (Fsp3) is 0.419. The minimum absolute atomic E-state index is 0.0407. The van der Waals surface area contributed by atoms with E-state index < -0.39 is 12.7 Å². The van der Waals surface area contributed by atoms with Crippen LogP contribution < -0.4 is 10.1 Å². The fourth-order valence-electron chi connectivity index (χ4n) is 5.21. The van der Waals surface area contributed by atoms with Crippen molar-refractivity contribution >= 4 is 23.4 Å². The number of nitrogens with zero attached hydrogens (tertiary/aromatic N) is 3. The number of aliphatic hydroxyl groups is 2. The van der Waals surface area contributed by atoms with E-state index in [1.165, 1.54) is 4.90 Å². The summed E-state index contributed by atoms with van der Waals surface area (Å²) in [5.41, 5.74) is 3.50. The van der Waals surface area contributed by atoms with E-state index in [9.17, 15) is 14.7 Å². The minimum Gasteiger partial charge on any atom is -0.491 e. The first-order valence-electron chi connectivity index (χ1n) is 14.1. The van der Waals surface area contributed by atoms with Gasteiger partial charge in [0.05, 0.1) is 23.4 Å². The van der Waals surface area contributed by atoms with Gasteiger partial charge in [0.25, 0.3) is 5.91 Å². The largest absolute Gasteiger partial charge is 0.491 e. The molecule has 0 radical (unpaired) electrons. The molecule has 0 bridgehead atoms. The van der Waals surface area contributed by atoms with E-state index in [0.717, 1.165) is 55.0 Å². The first-order chi connectivity index (χ1) is 20.3. The zero-order chi connectivity index (χ0) is 29.6. The number of hydrogen-bond donors (Lipinski definition) is 3. The van der Waals surface area contributed by atoms with Gasteiger partial charge in [-0.2, -0.15) is 0 Å². The lowest BCUT2D eigenvalue weighted by Gasteiger charge is -2.21. The van der Waals surface area contributed by atoms with Crippen LogP contribution >= 0.6 is 11.6 Å². The van der Waals surface area contributed by atoms with E-state index in [1.807, 2.05) is 25.1 Å². The van der Waals surface area contributed by atoms with E-state index in [-0.39, 0.29) is 31.0 Å². The molecule has 2 aliphatic rings. The topological polar surface area (TPSA) is 134 Å². The van der Waals surface area contributed by atoms with Gasteiger partial charge in [0.1, 0.15) is 30.8 Å². The minimum atomic E-state index is -0.971. The van der Waals surface area contributed by atoms with Crippen molar-refractivity contribution in [1.29, 1.82) is 0 Å². The summed E-state index contributed by atoms with van der Waals surface area (Å²) in [4.78, 5) is 36.9. The van der Waals surface area contributed by atoms with Gasteiger partial charge in [-0.25, -0.2) is 9.97 Å². The summed E-state index contributed by atoms with van der Waals surface area (Å²) in [5, 5.41) is 21.8. The molecule has 0 spiro atoms. The average Bonchev–Trinajstić information content (AvgIpc) is 3.31. The van der Waals surface area contributed by atoms with Crippen molar-refractivity contribution in [1.82, 2.24) is 20.2 Å². The highest BCUT2D eigenvalue weighted by Crippen LogP contribution is 2.31. The molecule has 5 rings (SSSR count). The second-order valence-electron chi connectivity index (χ2n) is 10.8. The molecule has 11 heteroatoms. The van der Waals surface area contributed by atoms with Crippen molar-refractivity contribution < 1.29 is 29.3 Å². The molecule has 1 saturated heterocycles. The first-order valence-corrected chi connectivity index (χ1v) is 14.5. The molecule has 222 valence electrons. The Morgan fingerprint density at radius 3 is 2.83 bits per heavy atom. The molecule has 10 nitrogen and oxygen atoms in total. The molecule has 2 amide bonds. The Kier molecular flexibility index (Phi) is 9.69. The molecule has 1 fully saturated rings. The van der Waals surface area contributed by atoms with Crippen LogP contribution in [0.3, 0.4) is 0 Å². The Balaban J connectivity index is 1.21. The number of aromatic nitrogens is 2. The Morgan fingerprint density at radius 2 is 2.05 bits per heavy atom. The maximum Gasteiger partial charge on any atom is 0.254 e. The molecular weight excluding hydrogens is 560 g/mol. The zero-order valence-electron chi connectivity index (χ0n) is 23.5. The standard InChI is InChI=1S/C31H35ClN4O6/c1-19(21-3-2-4-25(12-21)42-18-24(38)17-37)34-29(39)16-36-15-23-6-5-22(13-26(23)31(36)40)30-27(32)14-33-28(35-30)11-20-7-9-41-10-8-20/h2-6,12-14,19-20,24,37-38H,7-11,15-18H2,1H3,(H,34,39)/t19-,24?/m1/s1. The number of carbonyl (C=O) groups is 2. The number of nitrogens with one attached hydrogen (secondary N) is 1. The molecule has 42 heavy (non-hydrogen) atoms. The molecule has 0 aliphatic carbocycles. The third-order valence-corrected chi connectivity index (χ3v) is 7.87. The number of hydrogen-bond acceptors (Lipinski definition) is 8. The van der Waals surface area contributed by atoms with Gasteiger partial charge in [0.2, 0.25) is 5.91 Å². The summed E-state index contributed by atoms with van der Waals surface area (Å²) in [6.07, 6.45) is 3.36. The number of carbonyl (C=O) groups excluding carboxylic acids is 2. The van der Waals surface area contributed by atoms with Crippen molar-refractivity contribution in [3.8, 4) is 17.0 Å². The predicted molar refractivity (Wildman–Crippen MR) is 156 cm³/mol. The zero-order valence-corrected chi connectivity index (χ0v) is 24.2. The van der Waals surface area contributed by atoms with Crippen LogP contribution in [0.5, 0.6) is 5.75 Å². The summed E-state index contributed by atoms with van der Waals surface area (Å²) in [6.45, 7) is 3.17. The monoisotopic (exact) mass is 594 g/mol. The summed E-state index contributed by atoms with van der Waals surface area (Å²) >= 11 is 6.48. The van der Waals surface area contributed by atoms with Gasteiger partial charge in [0, 0.05) is 43.5 Å². The van der Waals surface area contributed by atoms with Gasteiger partial charge in [-0.15, -0.1) is 0 Å². The highest BCUT2D eigenvalue weighted by Gasteiger charge is 2.30. The number of aliphatic hydroxyl groups excluding tert-OH is 2. The van der Waals surface area contributed by atoms with Crippen LogP contribution in [-0.4, -0.2) is 76.0 Å². The third-order valence-electron chi connectivity index (χ3n) is 7.59. The van der Waals surface area contributed by atoms with Crippen molar-refractivity contribution in [3.05, 3.63) is 76.2 Å². The van der Waals surface area contributed by atoms with Gasteiger partial charge in [-0.1, -0.05) is 35.9 Å². The average molecular weight is 595 g/mol. The molecule has 0 saturated carbocycles. The van der Waals surface area contributed by atoms with Crippen LogP contribution in [0.15, 0.2) is 48.7 Å². The number of halogens is 1. The van der Waals surface area contributed by atoms with E-state index in [2.05, 4.69) is 10.3 Å². The van der Waals surface area contributed by atoms with E-state index in [0.29, 0.717) is 34.5 Å². The highest BCUT2D eigenvalue weighted by molar-refractivity contribution is 6.32. The van der Waals surface area contributed by atoms with E-state index in [1.54, 1.807) is 30.5 Å². The molecule has 3 aromatic rings. The van der Waals surface area contributed by atoms with Crippen LogP contribution in [-0.2, 0) is 22.5 Å². The lowest BCUT2D eigenvalue weighted by molar-refractivity contribution is -0.122. The van der Waals surface area contributed by atoms with Crippen LogP contribution in [0, 0.1) is 5.92 Å². The number of benzene rings is 2. The Morgan fingerprint density at radius 1 is 1.24 bits per heavy atom. The predicted octanol–water partition coefficient (Wildman–Crippen LogP) is 3.33. The van der Waals surface area contributed by atoms with Gasteiger partial charge in [-0.3, -0.25) is 9.59 Å². The maximum absolute atomic E-state index is 13.3. The Hall–Kier alpha value is -3.57. The van der Waals surface area contributed by atoms with Crippen LogP contribution in [0.4, 0.5) is 0 Å². The number of fused-ring (bicyclic) bond motifs is 1. The van der Waals surface area contributed by atoms with Crippen molar-refractivity contribution in [2.45, 2.75) is 44.9 Å². The normalized spacial score (nSPS) is 16.7. The van der Waals surface area contributed by atoms with E-state index >= 15 is 0 Å². The maximum atomic E-state index is 13.3. The molecule has 3 heterocycles. The van der Waals surface area contributed by atoms with Gasteiger partial charge in [0.15, 0.2) is 0 Å². The summed E-state index contributed by atoms with van der Waals surface area (Å²) in [7, 11) is 0. The second-order valence-corrected chi connectivity index (χ2v) is 11.2. The second kappa shape index (κ2) is 13.6.